The van der Waals surface area contributed by atoms with Crippen LogP contribution in [0.3, 0.4) is 0 Å². The average Bonchev–Trinajstić information content (AvgIpc) is 3.08. The molecule has 1 aliphatic heterocycles. The van der Waals surface area contributed by atoms with Gasteiger partial charge < -0.3 is 5.32 Å². The van der Waals surface area contributed by atoms with Gasteiger partial charge in [-0.05, 0) is 63.2 Å². The molecule has 1 heterocycles. The number of fused-ring (bicyclic) bond motifs is 2. The lowest BCUT2D eigenvalue weighted by atomic mass is 9.80. The molecule has 6 atom stereocenters. The Hall–Kier alpha value is -0.0800. The average molecular weight is 293 g/mol. The summed E-state index contributed by atoms with van der Waals surface area (Å²) in [6.45, 7) is 14.5. The van der Waals surface area contributed by atoms with Crippen LogP contribution in [0, 0.1) is 23.7 Å². The summed E-state index contributed by atoms with van der Waals surface area (Å²) in [5.41, 5.74) is 0.317. The van der Waals surface area contributed by atoms with Gasteiger partial charge in [-0.15, -0.1) is 0 Å². The Bertz CT molecular complexity index is 367. The fraction of sp³-hybridized carbons (Fsp3) is 1.00. The Morgan fingerprint density at radius 3 is 2.48 bits per heavy atom. The molecular formula is C19H36N2. The van der Waals surface area contributed by atoms with Crippen molar-refractivity contribution in [3.8, 4) is 0 Å². The number of hydrogen-bond acceptors (Lipinski definition) is 2. The van der Waals surface area contributed by atoms with E-state index in [-0.39, 0.29) is 0 Å². The molecule has 0 aromatic carbocycles. The lowest BCUT2D eigenvalue weighted by Crippen LogP contribution is -2.66. The van der Waals surface area contributed by atoms with Gasteiger partial charge in [-0.2, -0.15) is 0 Å². The Labute approximate surface area is 132 Å². The molecule has 0 aromatic heterocycles. The van der Waals surface area contributed by atoms with Crippen LogP contribution in [0.15, 0.2) is 0 Å². The standard InChI is InChI=1S/C19H36N2/c1-6-19(5)12-21(18(11-20-19)13(2)3)14(4)17-10-15-7-8-16(17)9-15/h13-18,20H,6-12H2,1-5H3. The van der Waals surface area contributed by atoms with E-state index in [1.807, 2.05) is 0 Å². The Morgan fingerprint density at radius 2 is 1.95 bits per heavy atom. The predicted octanol–water partition coefficient (Wildman–Crippen LogP) is 3.91. The van der Waals surface area contributed by atoms with Crippen molar-refractivity contribution >= 4 is 0 Å². The monoisotopic (exact) mass is 292 g/mol. The first-order valence-electron chi connectivity index (χ1n) is 9.44. The molecule has 3 rings (SSSR count). The molecular weight excluding hydrogens is 256 g/mol. The summed E-state index contributed by atoms with van der Waals surface area (Å²) in [4.78, 5) is 2.90. The van der Waals surface area contributed by atoms with Gasteiger partial charge in [0.2, 0.25) is 0 Å². The van der Waals surface area contributed by atoms with Gasteiger partial charge in [0.15, 0.2) is 0 Å². The molecule has 2 saturated carbocycles. The van der Waals surface area contributed by atoms with E-state index in [0.29, 0.717) is 5.54 Å². The molecule has 2 bridgehead atoms. The summed E-state index contributed by atoms with van der Waals surface area (Å²) < 4.78 is 0. The molecule has 2 aliphatic carbocycles. The molecule has 1 N–H and O–H groups in total. The molecule has 1 saturated heterocycles. The van der Waals surface area contributed by atoms with E-state index in [0.717, 1.165) is 35.8 Å². The summed E-state index contributed by atoms with van der Waals surface area (Å²) in [5, 5.41) is 3.84. The second kappa shape index (κ2) is 5.85. The van der Waals surface area contributed by atoms with Crippen LogP contribution in [-0.2, 0) is 0 Å². The number of rotatable bonds is 4. The third kappa shape index (κ3) is 2.91. The van der Waals surface area contributed by atoms with Crippen LogP contribution in [-0.4, -0.2) is 35.6 Å². The Kier molecular flexibility index (Phi) is 4.40. The minimum Gasteiger partial charge on any atom is -0.309 e. The summed E-state index contributed by atoms with van der Waals surface area (Å²) >= 11 is 0. The van der Waals surface area contributed by atoms with Crippen molar-refractivity contribution in [3.63, 3.8) is 0 Å². The molecule has 122 valence electrons. The second-order valence-corrected chi connectivity index (χ2v) is 8.86. The lowest BCUT2D eigenvalue weighted by molar-refractivity contribution is -0.000204. The zero-order valence-corrected chi connectivity index (χ0v) is 14.9. The van der Waals surface area contributed by atoms with Gasteiger partial charge in [-0.3, -0.25) is 4.90 Å². The normalized spacial score (nSPS) is 45.4. The molecule has 0 amide bonds. The van der Waals surface area contributed by atoms with Crippen LogP contribution < -0.4 is 5.32 Å². The van der Waals surface area contributed by atoms with Crippen LogP contribution >= 0.6 is 0 Å². The maximum absolute atomic E-state index is 3.84. The second-order valence-electron chi connectivity index (χ2n) is 8.86. The first kappa shape index (κ1) is 15.8. The highest BCUT2D eigenvalue weighted by Crippen LogP contribution is 2.50. The zero-order chi connectivity index (χ0) is 15.2. The summed E-state index contributed by atoms with van der Waals surface area (Å²) in [6.07, 6.45) is 7.33. The van der Waals surface area contributed by atoms with Crippen LogP contribution in [0.5, 0.6) is 0 Å². The fourth-order valence-corrected chi connectivity index (χ4v) is 5.48. The van der Waals surface area contributed by atoms with Crippen molar-refractivity contribution < 1.29 is 0 Å². The highest BCUT2D eigenvalue weighted by molar-refractivity contribution is 5.01. The Morgan fingerprint density at radius 1 is 1.19 bits per heavy atom. The van der Waals surface area contributed by atoms with Crippen LogP contribution in [0.25, 0.3) is 0 Å². The van der Waals surface area contributed by atoms with Gasteiger partial charge in [0, 0.05) is 30.7 Å². The van der Waals surface area contributed by atoms with E-state index in [4.69, 9.17) is 0 Å². The summed E-state index contributed by atoms with van der Waals surface area (Å²) in [7, 11) is 0. The van der Waals surface area contributed by atoms with E-state index in [2.05, 4.69) is 44.8 Å². The van der Waals surface area contributed by atoms with Crippen LogP contribution in [0.1, 0.15) is 66.7 Å². The first-order chi connectivity index (χ1) is 9.93. The zero-order valence-electron chi connectivity index (χ0n) is 14.9. The molecule has 3 fully saturated rings. The van der Waals surface area contributed by atoms with Gasteiger partial charge in [-0.1, -0.05) is 27.2 Å². The molecule has 2 heteroatoms. The van der Waals surface area contributed by atoms with Crippen molar-refractivity contribution in [2.45, 2.75) is 84.3 Å². The van der Waals surface area contributed by atoms with Gasteiger partial charge >= 0.3 is 0 Å². The first-order valence-corrected chi connectivity index (χ1v) is 9.44. The third-order valence-corrected chi connectivity index (χ3v) is 7.18. The number of hydrogen-bond donors (Lipinski definition) is 1. The largest absolute Gasteiger partial charge is 0.309 e. The minimum atomic E-state index is 0.317. The quantitative estimate of drug-likeness (QED) is 0.845. The molecule has 2 nitrogen and oxygen atoms in total. The smallest absolute Gasteiger partial charge is 0.0278 e. The van der Waals surface area contributed by atoms with Crippen molar-refractivity contribution in [1.29, 1.82) is 0 Å². The summed E-state index contributed by atoms with van der Waals surface area (Å²) in [6, 6.07) is 1.50. The maximum atomic E-state index is 3.84. The van der Waals surface area contributed by atoms with Crippen molar-refractivity contribution in [1.82, 2.24) is 10.2 Å². The molecule has 0 radical (unpaired) electrons. The van der Waals surface area contributed by atoms with E-state index in [1.54, 1.807) is 6.42 Å². The topological polar surface area (TPSA) is 15.3 Å². The van der Waals surface area contributed by atoms with Crippen LogP contribution in [0.2, 0.25) is 0 Å². The SMILES string of the molecule is CCC1(C)CN(C(C)C2CC3CCC2C3)C(C(C)C)CN1. The summed E-state index contributed by atoms with van der Waals surface area (Å²) in [5.74, 6) is 3.84. The van der Waals surface area contributed by atoms with E-state index in [1.165, 1.54) is 38.8 Å². The lowest BCUT2D eigenvalue weighted by Gasteiger charge is -2.52. The number of piperazine rings is 1. The van der Waals surface area contributed by atoms with E-state index < -0.39 is 0 Å². The van der Waals surface area contributed by atoms with Crippen LogP contribution in [0.4, 0.5) is 0 Å². The van der Waals surface area contributed by atoms with Gasteiger partial charge in [0.1, 0.15) is 0 Å². The Balaban J connectivity index is 1.75. The molecule has 3 aliphatic rings. The molecule has 0 spiro atoms. The molecule has 0 aromatic rings. The van der Waals surface area contributed by atoms with Crippen molar-refractivity contribution in [2.75, 3.05) is 13.1 Å². The number of nitrogens with one attached hydrogen (secondary N) is 1. The highest BCUT2D eigenvalue weighted by Gasteiger charge is 2.46. The minimum absolute atomic E-state index is 0.317. The predicted molar refractivity (Wildman–Crippen MR) is 90.4 cm³/mol. The van der Waals surface area contributed by atoms with Crippen molar-refractivity contribution in [3.05, 3.63) is 0 Å². The number of nitrogens with zero attached hydrogens (tertiary/aromatic N) is 1. The molecule has 6 unspecified atom stereocenters. The fourth-order valence-electron chi connectivity index (χ4n) is 5.48. The maximum Gasteiger partial charge on any atom is 0.0278 e. The van der Waals surface area contributed by atoms with Gasteiger partial charge in [0.05, 0.1) is 0 Å². The van der Waals surface area contributed by atoms with E-state index >= 15 is 0 Å². The molecule has 21 heavy (non-hydrogen) atoms. The highest BCUT2D eigenvalue weighted by atomic mass is 15.3. The van der Waals surface area contributed by atoms with Gasteiger partial charge in [-0.25, -0.2) is 0 Å². The van der Waals surface area contributed by atoms with E-state index in [9.17, 15) is 0 Å². The third-order valence-electron chi connectivity index (χ3n) is 7.18. The van der Waals surface area contributed by atoms with Gasteiger partial charge in [0.25, 0.3) is 0 Å². The van der Waals surface area contributed by atoms with Crippen molar-refractivity contribution in [2.24, 2.45) is 23.7 Å².